The maximum atomic E-state index is 12.9. The second-order valence-electron chi connectivity index (χ2n) is 8.50. The Morgan fingerprint density at radius 3 is 2.29 bits per heavy atom. The van der Waals surface area contributed by atoms with Gasteiger partial charge in [0.25, 0.3) is 11.5 Å². The molecule has 0 atom stereocenters. The lowest BCUT2D eigenvalue weighted by Gasteiger charge is -2.19. The van der Waals surface area contributed by atoms with Crippen LogP contribution in [0.4, 0.5) is 5.69 Å². The van der Waals surface area contributed by atoms with Crippen LogP contribution in [-0.2, 0) is 5.41 Å². The van der Waals surface area contributed by atoms with Crippen LogP contribution in [0.5, 0.6) is 0 Å². The summed E-state index contributed by atoms with van der Waals surface area (Å²) >= 11 is 0. The Labute approximate surface area is 180 Å². The van der Waals surface area contributed by atoms with E-state index in [0.29, 0.717) is 33.8 Å². The van der Waals surface area contributed by atoms with Crippen molar-refractivity contribution in [2.24, 2.45) is 0 Å². The molecular formula is C25H24N4O2. The van der Waals surface area contributed by atoms with E-state index in [9.17, 15) is 9.59 Å². The first kappa shape index (κ1) is 20.5. The third-order valence-corrected chi connectivity index (χ3v) is 5.21. The van der Waals surface area contributed by atoms with E-state index in [0.717, 1.165) is 0 Å². The molecule has 0 saturated heterocycles. The van der Waals surface area contributed by atoms with Crippen LogP contribution in [0.15, 0.2) is 71.7 Å². The maximum absolute atomic E-state index is 12.9. The largest absolute Gasteiger partial charge is 0.322 e. The van der Waals surface area contributed by atoms with Gasteiger partial charge in [-0.05, 0) is 66.4 Å². The van der Waals surface area contributed by atoms with Crippen LogP contribution in [0, 0.1) is 6.92 Å². The standard InChI is InChI=1S/C25H24N4O2/c1-16-27-22-21(6-5-15-26-22)24(31)29(16)20-13-11-19(12-14-20)28-23(30)17-7-9-18(10-8-17)25(2,3)4/h5-15H,1-4H3,(H,28,30). The number of hydrogen-bond donors (Lipinski definition) is 1. The number of pyridine rings is 1. The summed E-state index contributed by atoms with van der Waals surface area (Å²) in [6.07, 6.45) is 1.62. The molecule has 0 unspecified atom stereocenters. The Balaban J connectivity index is 1.57. The number of aryl methyl sites for hydroxylation is 1. The lowest BCUT2D eigenvalue weighted by molar-refractivity contribution is 0.102. The van der Waals surface area contributed by atoms with Gasteiger partial charge in [0.15, 0.2) is 5.65 Å². The van der Waals surface area contributed by atoms with Crippen molar-refractivity contribution in [2.75, 3.05) is 5.32 Å². The van der Waals surface area contributed by atoms with Gasteiger partial charge in [0.05, 0.1) is 11.1 Å². The Bertz CT molecular complexity index is 1320. The minimum Gasteiger partial charge on any atom is -0.322 e. The summed E-state index contributed by atoms with van der Waals surface area (Å²) in [5, 5.41) is 3.36. The smallest absolute Gasteiger partial charge is 0.267 e. The Morgan fingerprint density at radius 1 is 0.968 bits per heavy atom. The molecule has 156 valence electrons. The van der Waals surface area contributed by atoms with Crippen molar-refractivity contribution >= 4 is 22.6 Å². The highest BCUT2D eigenvalue weighted by molar-refractivity contribution is 6.04. The lowest BCUT2D eigenvalue weighted by atomic mass is 9.87. The minimum atomic E-state index is -0.181. The number of nitrogens with one attached hydrogen (secondary N) is 1. The van der Waals surface area contributed by atoms with Crippen LogP contribution < -0.4 is 10.9 Å². The Hall–Kier alpha value is -3.80. The summed E-state index contributed by atoms with van der Waals surface area (Å²) in [4.78, 5) is 34.1. The molecule has 2 aromatic heterocycles. The first-order valence-corrected chi connectivity index (χ1v) is 10.1. The molecule has 0 aliphatic rings. The topological polar surface area (TPSA) is 76.9 Å². The molecule has 6 nitrogen and oxygen atoms in total. The third kappa shape index (κ3) is 4.10. The van der Waals surface area contributed by atoms with E-state index in [1.165, 1.54) is 5.56 Å². The summed E-state index contributed by atoms with van der Waals surface area (Å²) < 4.78 is 1.54. The Morgan fingerprint density at radius 2 is 1.65 bits per heavy atom. The molecule has 1 amide bonds. The molecule has 0 saturated carbocycles. The van der Waals surface area contributed by atoms with Gasteiger partial charge in [-0.2, -0.15) is 0 Å². The van der Waals surface area contributed by atoms with Gasteiger partial charge in [0.2, 0.25) is 0 Å². The SMILES string of the molecule is Cc1nc2ncccc2c(=O)n1-c1ccc(NC(=O)c2ccc(C(C)(C)C)cc2)cc1. The summed E-state index contributed by atoms with van der Waals surface area (Å²) in [5.74, 6) is 0.368. The molecule has 0 aliphatic carbocycles. The fourth-order valence-corrected chi connectivity index (χ4v) is 3.45. The van der Waals surface area contributed by atoms with Crippen molar-refractivity contribution in [3.05, 3.63) is 94.2 Å². The van der Waals surface area contributed by atoms with Crippen LogP contribution >= 0.6 is 0 Å². The van der Waals surface area contributed by atoms with Crippen molar-refractivity contribution in [1.82, 2.24) is 14.5 Å². The summed E-state index contributed by atoms with van der Waals surface area (Å²) in [7, 11) is 0. The highest BCUT2D eigenvalue weighted by Crippen LogP contribution is 2.22. The van der Waals surface area contributed by atoms with Gasteiger partial charge in [0, 0.05) is 17.4 Å². The van der Waals surface area contributed by atoms with Gasteiger partial charge in [0.1, 0.15) is 5.82 Å². The van der Waals surface area contributed by atoms with E-state index < -0.39 is 0 Å². The van der Waals surface area contributed by atoms with Crippen LogP contribution in [-0.4, -0.2) is 20.4 Å². The van der Waals surface area contributed by atoms with E-state index in [1.54, 1.807) is 54.1 Å². The molecule has 0 spiro atoms. The molecule has 2 aromatic carbocycles. The number of nitrogens with zero attached hydrogens (tertiary/aromatic N) is 3. The molecule has 4 rings (SSSR count). The van der Waals surface area contributed by atoms with E-state index in [-0.39, 0.29) is 16.9 Å². The number of anilines is 1. The van der Waals surface area contributed by atoms with Crippen molar-refractivity contribution in [2.45, 2.75) is 33.1 Å². The van der Waals surface area contributed by atoms with Crippen LogP contribution in [0.25, 0.3) is 16.7 Å². The number of fused-ring (bicyclic) bond motifs is 1. The van der Waals surface area contributed by atoms with Crippen molar-refractivity contribution in [3.63, 3.8) is 0 Å². The molecule has 4 aromatic rings. The van der Waals surface area contributed by atoms with Crippen molar-refractivity contribution in [1.29, 1.82) is 0 Å². The molecule has 0 bridgehead atoms. The molecule has 0 radical (unpaired) electrons. The van der Waals surface area contributed by atoms with Crippen LogP contribution in [0.2, 0.25) is 0 Å². The van der Waals surface area contributed by atoms with Crippen molar-refractivity contribution < 1.29 is 4.79 Å². The van der Waals surface area contributed by atoms with E-state index in [4.69, 9.17) is 0 Å². The highest BCUT2D eigenvalue weighted by atomic mass is 16.1. The zero-order valence-corrected chi connectivity index (χ0v) is 18.0. The predicted molar refractivity (Wildman–Crippen MR) is 123 cm³/mol. The van der Waals surface area contributed by atoms with E-state index >= 15 is 0 Å². The summed E-state index contributed by atoms with van der Waals surface area (Å²) in [6.45, 7) is 8.18. The molecular weight excluding hydrogens is 388 g/mol. The average molecular weight is 412 g/mol. The minimum absolute atomic E-state index is 0.0364. The predicted octanol–water partition coefficient (Wildman–Crippen LogP) is 4.64. The van der Waals surface area contributed by atoms with Crippen LogP contribution in [0.1, 0.15) is 42.5 Å². The summed E-state index contributed by atoms with van der Waals surface area (Å²) in [6, 6.07) is 18.2. The zero-order chi connectivity index (χ0) is 22.2. The van der Waals surface area contributed by atoms with Gasteiger partial charge in [-0.15, -0.1) is 0 Å². The molecule has 0 fully saturated rings. The molecule has 2 heterocycles. The number of amides is 1. The highest BCUT2D eigenvalue weighted by Gasteiger charge is 2.15. The second kappa shape index (κ2) is 7.80. The first-order valence-electron chi connectivity index (χ1n) is 10.1. The Kier molecular flexibility index (Phi) is 5.15. The third-order valence-electron chi connectivity index (χ3n) is 5.21. The monoisotopic (exact) mass is 412 g/mol. The number of carbonyl (C=O) groups is 1. The molecule has 1 N–H and O–H groups in total. The molecule has 31 heavy (non-hydrogen) atoms. The van der Waals surface area contributed by atoms with Gasteiger partial charge >= 0.3 is 0 Å². The lowest BCUT2D eigenvalue weighted by Crippen LogP contribution is -2.22. The second-order valence-corrected chi connectivity index (χ2v) is 8.50. The van der Waals surface area contributed by atoms with Crippen LogP contribution in [0.3, 0.4) is 0 Å². The van der Waals surface area contributed by atoms with Gasteiger partial charge < -0.3 is 5.32 Å². The maximum Gasteiger partial charge on any atom is 0.267 e. The fraction of sp³-hybridized carbons (Fsp3) is 0.200. The quantitative estimate of drug-likeness (QED) is 0.532. The van der Waals surface area contributed by atoms with E-state index in [2.05, 4.69) is 36.1 Å². The number of hydrogen-bond acceptors (Lipinski definition) is 4. The molecule has 0 aliphatic heterocycles. The first-order chi connectivity index (χ1) is 14.7. The summed E-state index contributed by atoms with van der Waals surface area (Å²) in [5.41, 5.74) is 3.38. The average Bonchev–Trinajstić information content (AvgIpc) is 2.74. The number of carbonyl (C=O) groups excluding carboxylic acids is 1. The zero-order valence-electron chi connectivity index (χ0n) is 18.0. The number of rotatable bonds is 3. The number of benzene rings is 2. The van der Waals surface area contributed by atoms with Gasteiger partial charge in [-0.25, -0.2) is 9.97 Å². The van der Waals surface area contributed by atoms with E-state index in [1.807, 2.05) is 24.3 Å². The van der Waals surface area contributed by atoms with Gasteiger partial charge in [-0.1, -0.05) is 32.9 Å². The molecule has 6 heteroatoms. The van der Waals surface area contributed by atoms with Gasteiger partial charge in [-0.3, -0.25) is 14.2 Å². The van der Waals surface area contributed by atoms with Crippen molar-refractivity contribution in [3.8, 4) is 5.69 Å². The fourth-order valence-electron chi connectivity index (χ4n) is 3.45. The normalized spacial score (nSPS) is 11.5. The number of aromatic nitrogens is 3.